The van der Waals surface area contributed by atoms with Gasteiger partial charge in [0.1, 0.15) is 5.75 Å². The van der Waals surface area contributed by atoms with Gasteiger partial charge in [-0.2, -0.15) is 5.10 Å². The molecule has 2 fully saturated rings. The fraction of sp³-hybridized carbons (Fsp3) is 0.474. The molecule has 1 saturated carbocycles. The molecule has 0 unspecified atom stereocenters. The molecule has 1 aliphatic carbocycles. The van der Waals surface area contributed by atoms with Crippen LogP contribution in [-0.4, -0.2) is 34.2 Å². The van der Waals surface area contributed by atoms with Crippen LogP contribution in [0.1, 0.15) is 42.3 Å². The monoisotopic (exact) mass is 325 g/mol. The van der Waals surface area contributed by atoms with E-state index in [4.69, 9.17) is 4.74 Å². The second-order valence-electron chi connectivity index (χ2n) is 6.83. The maximum atomic E-state index is 13.0. The van der Waals surface area contributed by atoms with Crippen molar-refractivity contribution in [1.29, 1.82) is 0 Å². The third-order valence-corrected chi connectivity index (χ3v) is 5.29. The summed E-state index contributed by atoms with van der Waals surface area (Å²) in [6.07, 6.45) is 6.94. The second-order valence-corrected chi connectivity index (χ2v) is 6.83. The summed E-state index contributed by atoms with van der Waals surface area (Å²) in [6.45, 7) is 0.855. The molecule has 3 atom stereocenters. The molecular formula is C19H23N3O2. The van der Waals surface area contributed by atoms with E-state index in [1.165, 1.54) is 0 Å². The minimum absolute atomic E-state index is 0.0959. The Labute approximate surface area is 142 Å². The summed E-state index contributed by atoms with van der Waals surface area (Å²) in [5, 5.41) is 4.26. The lowest BCUT2D eigenvalue weighted by molar-refractivity contribution is -0.133. The zero-order chi connectivity index (χ0) is 16.7. The summed E-state index contributed by atoms with van der Waals surface area (Å²) in [5.41, 5.74) is 2.31. The van der Waals surface area contributed by atoms with Crippen molar-refractivity contribution in [2.24, 2.45) is 13.0 Å². The Bertz CT molecular complexity index is 755. The number of para-hydroxylation sites is 1. The first kappa shape index (κ1) is 15.2. The lowest BCUT2D eigenvalue weighted by Gasteiger charge is -2.24. The minimum atomic E-state index is 0.0959. The number of amides is 1. The number of carbonyl (C=O) groups excluding carboxylic acids is 1. The van der Waals surface area contributed by atoms with E-state index >= 15 is 0 Å². The van der Waals surface area contributed by atoms with Crippen molar-refractivity contribution in [1.82, 2.24) is 14.7 Å². The predicted molar refractivity (Wildman–Crippen MR) is 90.7 cm³/mol. The van der Waals surface area contributed by atoms with Gasteiger partial charge in [-0.15, -0.1) is 0 Å². The van der Waals surface area contributed by atoms with Crippen molar-refractivity contribution in [3.8, 4) is 5.75 Å². The Morgan fingerprint density at radius 3 is 2.92 bits per heavy atom. The van der Waals surface area contributed by atoms with Gasteiger partial charge >= 0.3 is 0 Å². The van der Waals surface area contributed by atoms with Crippen molar-refractivity contribution in [3.63, 3.8) is 0 Å². The number of likely N-dealkylation sites (tertiary alicyclic amines) is 1. The van der Waals surface area contributed by atoms with Gasteiger partial charge in [-0.25, -0.2) is 0 Å². The van der Waals surface area contributed by atoms with Crippen LogP contribution in [0.3, 0.4) is 0 Å². The van der Waals surface area contributed by atoms with Crippen LogP contribution in [0.15, 0.2) is 36.7 Å². The molecule has 0 spiro atoms. The molecule has 24 heavy (non-hydrogen) atoms. The molecule has 126 valence electrons. The van der Waals surface area contributed by atoms with Gasteiger partial charge in [0.2, 0.25) is 5.91 Å². The summed E-state index contributed by atoms with van der Waals surface area (Å²) >= 11 is 0. The van der Waals surface area contributed by atoms with Gasteiger partial charge < -0.3 is 9.64 Å². The van der Waals surface area contributed by atoms with E-state index in [1.807, 2.05) is 42.3 Å². The summed E-state index contributed by atoms with van der Waals surface area (Å²) in [6, 6.07) is 8.24. The third-order valence-electron chi connectivity index (χ3n) is 5.29. The van der Waals surface area contributed by atoms with Crippen molar-refractivity contribution in [2.45, 2.75) is 31.2 Å². The predicted octanol–water partition coefficient (Wildman–Crippen LogP) is 2.90. The molecule has 0 radical (unpaired) electrons. The van der Waals surface area contributed by atoms with E-state index in [0.717, 1.165) is 42.7 Å². The molecule has 1 amide bonds. The van der Waals surface area contributed by atoms with Crippen LogP contribution in [0, 0.1) is 5.92 Å². The van der Waals surface area contributed by atoms with Crippen LogP contribution < -0.4 is 4.74 Å². The molecule has 5 heteroatoms. The third kappa shape index (κ3) is 2.58. The fourth-order valence-corrected chi connectivity index (χ4v) is 3.99. The largest absolute Gasteiger partial charge is 0.496 e. The van der Waals surface area contributed by atoms with Crippen molar-refractivity contribution in [3.05, 3.63) is 47.8 Å². The molecule has 1 aromatic carbocycles. The van der Waals surface area contributed by atoms with Gasteiger partial charge in [0.05, 0.1) is 19.3 Å². The molecule has 5 nitrogen and oxygen atoms in total. The summed E-state index contributed by atoms with van der Waals surface area (Å²) in [7, 11) is 3.61. The summed E-state index contributed by atoms with van der Waals surface area (Å²) in [4.78, 5) is 15.1. The van der Waals surface area contributed by atoms with Crippen LogP contribution in [0.2, 0.25) is 0 Å². The highest BCUT2D eigenvalue weighted by Gasteiger charge is 2.48. The Morgan fingerprint density at radius 2 is 2.17 bits per heavy atom. The zero-order valence-electron chi connectivity index (χ0n) is 14.2. The molecule has 0 bridgehead atoms. The normalized spacial score (nSPS) is 25.8. The first-order valence-electron chi connectivity index (χ1n) is 8.61. The molecule has 1 saturated heterocycles. The molecule has 4 rings (SSSR count). The number of hydrogen-bond acceptors (Lipinski definition) is 3. The second kappa shape index (κ2) is 5.96. The SMILES string of the molecule is COc1ccccc1[C@@H]1C[C@H]1C(=O)N1CCC[C@@H]1c1cnn(C)c1. The highest BCUT2D eigenvalue weighted by Crippen LogP contribution is 2.52. The van der Waals surface area contributed by atoms with Crippen molar-refractivity contribution in [2.75, 3.05) is 13.7 Å². The lowest BCUT2D eigenvalue weighted by atomic mass is 10.1. The first-order chi connectivity index (χ1) is 11.7. The number of nitrogens with zero attached hydrogens (tertiary/aromatic N) is 3. The van der Waals surface area contributed by atoms with E-state index in [2.05, 4.69) is 16.1 Å². The molecule has 1 aromatic heterocycles. The Balaban J connectivity index is 1.50. The van der Waals surface area contributed by atoms with Gasteiger partial charge in [-0.05, 0) is 36.8 Å². The maximum absolute atomic E-state index is 13.0. The van der Waals surface area contributed by atoms with Crippen molar-refractivity contribution >= 4 is 5.91 Å². The van der Waals surface area contributed by atoms with Crippen LogP contribution in [0.4, 0.5) is 0 Å². The van der Waals surface area contributed by atoms with Gasteiger partial charge in [0, 0.05) is 31.3 Å². The fourth-order valence-electron chi connectivity index (χ4n) is 3.99. The van der Waals surface area contributed by atoms with Crippen LogP contribution in [-0.2, 0) is 11.8 Å². The number of hydrogen-bond donors (Lipinski definition) is 0. The summed E-state index contributed by atoms with van der Waals surface area (Å²) < 4.78 is 7.27. The number of carbonyl (C=O) groups is 1. The number of aryl methyl sites for hydroxylation is 1. The molecule has 1 aliphatic heterocycles. The van der Waals surface area contributed by atoms with E-state index in [-0.39, 0.29) is 17.9 Å². The zero-order valence-corrected chi connectivity index (χ0v) is 14.2. The van der Waals surface area contributed by atoms with Crippen LogP contribution in [0.25, 0.3) is 0 Å². The van der Waals surface area contributed by atoms with Crippen LogP contribution >= 0.6 is 0 Å². The van der Waals surface area contributed by atoms with E-state index in [1.54, 1.807) is 7.11 Å². The standard InChI is InChI=1S/C19H23N3O2/c1-21-12-13(11-20-21)17-7-5-9-22(17)19(23)16-10-15(16)14-6-3-4-8-18(14)24-2/h3-4,6,8,11-12,15-17H,5,7,9-10H2,1-2H3/t15-,16+,17+/m0/s1. The Kier molecular flexibility index (Phi) is 3.79. The quantitative estimate of drug-likeness (QED) is 0.868. The number of aromatic nitrogens is 2. The van der Waals surface area contributed by atoms with Gasteiger partial charge in [-0.3, -0.25) is 9.48 Å². The van der Waals surface area contributed by atoms with E-state index in [9.17, 15) is 4.79 Å². The highest BCUT2D eigenvalue weighted by molar-refractivity contribution is 5.84. The van der Waals surface area contributed by atoms with Gasteiger partial charge in [-0.1, -0.05) is 18.2 Å². The molecular weight excluding hydrogens is 302 g/mol. The minimum Gasteiger partial charge on any atom is -0.496 e. The topological polar surface area (TPSA) is 47.4 Å². The maximum Gasteiger partial charge on any atom is 0.226 e. The number of ether oxygens (including phenoxy) is 1. The van der Waals surface area contributed by atoms with E-state index in [0.29, 0.717) is 5.92 Å². The molecule has 0 N–H and O–H groups in total. The number of rotatable bonds is 4. The number of methoxy groups -OCH3 is 1. The molecule has 2 aliphatic rings. The average molecular weight is 325 g/mol. The highest BCUT2D eigenvalue weighted by atomic mass is 16.5. The average Bonchev–Trinajstić information content (AvgIpc) is 3.02. The van der Waals surface area contributed by atoms with Gasteiger partial charge in [0.15, 0.2) is 0 Å². The van der Waals surface area contributed by atoms with E-state index < -0.39 is 0 Å². The first-order valence-corrected chi connectivity index (χ1v) is 8.61. The Morgan fingerprint density at radius 1 is 1.33 bits per heavy atom. The number of benzene rings is 1. The smallest absolute Gasteiger partial charge is 0.226 e. The molecule has 2 heterocycles. The lowest BCUT2D eigenvalue weighted by Crippen LogP contribution is -2.32. The van der Waals surface area contributed by atoms with Crippen molar-refractivity contribution < 1.29 is 9.53 Å². The Hall–Kier alpha value is -2.30. The summed E-state index contributed by atoms with van der Waals surface area (Å²) in [5.74, 6) is 1.57. The van der Waals surface area contributed by atoms with Crippen LogP contribution in [0.5, 0.6) is 5.75 Å². The molecule has 2 aromatic rings. The van der Waals surface area contributed by atoms with Gasteiger partial charge in [0.25, 0.3) is 0 Å².